The minimum absolute atomic E-state index is 0.0194. The van der Waals surface area contributed by atoms with E-state index in [4.69, 9.17) is 5.73 Å². The van der Waals surface area contributed by atoms with E-state index >= 15 is 0 Å². The summed E-state index contributed by atoms with van der Waals surface area (Å²) in [6, 6.07) is 18.8. The first kappa shape index (κ1) is 19.7. The number of anilines is 1. The number of imidazole rings is 1. The van der Waals surface area contributed by atoms with Crippen molar-refractivity contribution in [1.82, 2.24) is 14.9 Å². The highest BCUT2D eigenvalue weighted by Crippen LogP contribution is 2.35. The fraction of sp³-hybridized carbons (Fsp3) is 0.273. The second kappa shape index (κ2) is 8.80. The Hall–Kier alpha value is -2.64. The Morgan fingerprint density at radius 1 is 1.17 bits per heavy atom. The van der Waals surface area contributed by atoms with Gasteiger partial charge in [-0.1, -0.05) is 64.5 Å². The summed E-state index contributed by atoms with van der Waals surface area (Å²) in [6.45, 7) is 1.56. The molecule has 150 valence electrons. The van der Waals surface area contributed by atoms with Gasteiger partial charge in [0.2, 0.25) is 5.91 Å². The van der Waals surface area contributed by atoms with Crippen molar-refractivity contribution in [2.24, 2.45) is 5.73 Å². The van der Waals surface area contributed by atoms with Crippen LogP contribution >= 0.6 is 15.9 Å². The smallest absolute Gasteiger partial charge is 0.231 e. The quantitative estimate of drug-likeness (QED) is 0.444. The third kappa shape index (κ3) is 4.52. The predicted octanol–water partition coefficient (Wildman–Crippen LogP) is 3.05. The molecule has 2 aromatic carbocycles. The Bertz CT molecular complexity index is 947. The molecule has 2 unspecified atom stereocenters. The fourth-order valence-electron chi connectivity index (χ4n) is 3.96. The van der Waals surface area contributed by atoms with Crippen LogP contribution < -0.4 is 10.6 Å². The molecule has 0 aliphatic carbocycles. The van der Waals surface area contributed by atoms with Crippen molar-refractivity contribution in [3.8, 4) is 0 Å². The van der Waals surface area contributed by atoms with E-state index in [1.165, 1.54) is 11.1 Å². The normalized spacial score (nSPS) is 19.6. The van der Waals surface area contributed by atoms with Gasteiger partial charge in [-0.15, -0.1) is 0 Å². The van der Waals surface area contributed by atoms with Gasteiger partial charge >= 0.3 is 0 Å². The van der Waals surface area contributed by atoms with Gasteiger partial charge in [-0.25, -0.2) is 4.98 Å². The highest BCUT2D eigenvalue weighted by molar-refractivity contribution is 9.09. The SMILES string of the molecule is NC(=O)CN1Cc2ccccc2N(Cc2cnc[nH]2)C(Br)C1Cc1ccccc1. The Morgan fingerprint density at radius 3 is 2.66 bits per heavy atom. The molecular formula is C22H24BrN5O. The van der Waals surface area contributed by atoms with Gasteiger partial charge in [0.25, 0.3) is 0 Å². The van der Waals surface area contributed by atoms with E-state index in [1.54, 1.807) is 6.33 Å². The zero-order chi connectivity index (χ0) is 20.2. The molecule has 2 heterocycles. The topological polar surface area (TPSA) is 78.2 Å². The maximum atomic E-state index is 11.9. The van der Waals surface area contributed by atoms with Crippen LogP contribution in [0, 0.1) is 0 Å². The molecule has 3 N–H and O–H groups in total. The van der Waals surface area contributed by atoms with Crippen LogP contribution in [0.5, 0.6) is 0 Å². The molecule has 4 rings (SSSR count). The lowest BCUT2D eigenvalue weighted by atomic mass is 10.0. The highest BCUT2D eigenvalue weighted by atomic mass is 79.9. The number of H-pyrrole nitrogens is 1. The first-order valence-corrected chi connectivity index (χ1v) is 10.6. The lowest BCUT2D eigenvalue weighted by Gasteiger charge is -2.37. The standard InChI is InChI=1S/C22H24BrN5O/c23-22-20(10-16-6-2-1-3-7-16)27(14-21(24)29)12-17-8-4-5-9-19(17)28(22)13-18-11-25-15-26-18/h1-9,11,15,20,22H,10,12-14H2,(H2,24,29)(H,25,26). The number of carbonyl (C=O) groups excluding carboxylic acids is 1. The summed E-state index contributed by atoms with van der Waals surface area (Å²) >= 11 is 3.97. The van der Waals surface area contributed by atoms with Crippen LogP contribution in [-0.4, -0.2) is 38.3 Å². The summed E-state index contributed by atoms with van der Waals surface area (Å²) in [4.78, 5) is 23.7. The Kier molecular flexibility index (Phi) is 5.97. The number of alkyl halides is 1. The van der Waals surface area contributed by atoms with E-state index in [0.29, 0.717) is 13.1 Å². The monoisotopic (exact) mass is 453 g/mol. The zero-order valence-corrected chi connectivity index (χ0v) is 17.6. The number of nitrogens with zero attached hydrogens (tertiary/aromatic N) is 3. The molecule has 7 heteroatoms. The maximum Gasteiger partial charge on any atom is 0.231 e. The summed E-state index contributed by atoms with van der Waals surface area (Å²) in [5.74, 6) is -0.317. The van der Waals surface area contributed by atoms with Crippen molar-refractivity contribution in [2.45, 2.75) is 30.5 Å². The van der Waals surface area contributed by atoms with E-state index < -0.39 is 0 Å². The van der Waals surface area contributed by atoms with Crippen LogP contribution in [0.15, 0.2) is 67.1 Å². The van der Waals surface area contributed by atoms with Crippen molar-refractivity contribution < 1.29 is 4.79 Å². The number of nitrogens with one attached hydrogen (secondary N) is 1. The lowest BCUT2D eigenvalue weighted by molar-refractivity contribution is -0.119. The van der Waals surface area contributed by atoms with Crippen molar-refractivity contribution in [3.63, 3.8) is 0 Å². The Labute approximate surface area is 178 Å². The first-order valence-electron chi connectivity index (χ1n) is 9.64. The Morgan fingerprint density at radius 2 is 1.93 bits per heavy atom. The average molecular weight is 454 g/mol. The van der Waals surface area contributed by atoms with Crippen molar-refractivity contribution in [2.75, 3.05) is 11.4 Å². The molecule has 3 aromatic rings. The summed E-state index contributed by atoms with van der Waals surface area (Å²) < 4.78 is 0. The molecule has 0 fully saturated rings. The number of para-hydroxylation sites is 1. The number of nitrogens with two attached hydrogens (primary N) is 1. The molecule has 1 aliphatic rings. The predicted molar refractivity (Wildman–Crippen MR) is 117 cm³/mol. The number of benzene rings is 2. The Balaban J connectivity index is 1.74. The van der Waals surface area contributed by atoms with E-state index in [1.807, 2.05) is 30.5 Å². The zero-order valence-electron chi connectivity index (χ0n) is 16.0. The molecule has 1 aliphatic heterocycles. The average Bonchev–Trinajstić information content (AvgIpc) is 3.20. The summed E-state index contributed by atoms with van der Waals surface area (Å²) in [5.41, 5.74) is 10.2. The number of hydrogen-bond donors (Lipinski definition) is 2. The molecule has 6 nitrogen and oxygen atoms in total. The molecule has 29 heavy (non-hydrogen) atoms. The summed E-state index contributed by atoms with van der Waals surface area (Å²) in [6.07, 6.45) is 4.35. The lowest BCUT2D eigenvalue weighted by Crippen LogP contribution is -2.50. The molecule has 1 amide bonds. The van der Waals surface area contributed by atoms with Crippen LogP contribution in [0.4, 0.5) is 5.69 Å². The van der Waals surface area contributed by atoms with Gasteiger partial charge < -0.3 is 15.6 Å². The van der Waals surface area contributed by atoms with E-state index in [9.17, 15) is 4.79 Å². The number of rotatable bonds is 6. The van der Waals surface area contributed by atoms with E-state index in [0.717, 1.165) is 17.8 Å². The molecule has 0 spiro atoms. The van der Waals surface area contributed by atoms with Crippen LogP contribution in [0.25, 0.3) is 0 Å². The second-order valence-electron chi connectivity index (χ2n) is 7.33. The van der Waals surface area contributed by atoms with Gasteiger partial charge in [0.05, 0.1) is 25.1 Å². The molecule has 0 radical (unpaired) electrons. The number of carbonyl (C=O) groups is 1. The minimum atomic E-state index is -0.317. The van der Waals surface area contributed by atoms with Gasteiger partial charge in [0, 0.05) is 24.5 Å². The van der Waals surface area contributed by atoms with E-state index in [-0.39, 0.29) is 23.4 Å². The van der Waals surface area contributed by atoms with Crippen LogP contribution in [0.1, 0.15) is 16.8 Å². The molecular weight excluding hydrogens is 430 g/mol. The van der Waals surface area contributed by atoms with Crippen molar-refractivity contribution in [3.05, 3.63) is 83.9 Å². The summed E-state index contributed by atoms with van der Waals surface area (Å²) in [7, 11) is 0. The van der Waals surface area contributed by atoms with Gasteiger partial charge in [-0.3, -0.25) is 9.69 Å². The van der Waals surface area contributed by atoms with Gasteiger partial charge in [-0.2, -0.15) is 0 Å². The number of halogens is 1. The maximum absolute atomic E-state index is 11.9. The number of aromatic amines is 1. The number of aromatic nitrogens is 2. The number of primary amides is 1. The minimum Gasteiger partial charge on any atom is -0.369 e. The molecule has 0 saturated carbocycles. The molecule has 1 aromatic heterocycles. The van der Waals surface area contributed by atoms with Gasteiger partial charge in [0.1, 0.15) is 4.95 Å². The third-order valence-electron chi connectivity index (χ3n) is 5.30. The fourth-order valence-corrected chi connectivity index (χ4v) is 4.84. The summed E-state index contributed by atoms with van der Waals surface area (Å²) in [5, 5.41) is 0. The van der Waals surface area contributed by atoms with Gasteiger partial charge in [0.15, 0.2) is 0 Å². The number of hydrogen-bond acceptors (Lipinski definition) is 4. The number of amides is 1. The van der Waals surface area contributed by atoms with Crippen LogP contribution in [-0.2, 0) is 24.3 Å². The largest absolute Gasteiger partial charge is 0.369 e. The molecule has 0 bridgehead atoms. The highest BCUT2D eigenvalue weighted by Gasteiger charge is 2.35. The van der Waals surface area contributed by atoms with Gasteiger partial charge in [-0.05, 0) is 23.6 Å². The van der Waals surface area contributed by atoms with Crippen LogP contribution in [0.3, 0.4) is 0 Å². The molecule has 0 saturated heterocycles. The van der Waals surface area contributed by atoms with Crippen molar-refractivity contribution >= 4 is 27.5 Å². The van der Waals surface area contributed by atoms with Crippen LogP contribution in [0.2, 0.25) is 0 Å². The van der Waals surface area contributed by atoms with E-state index in [2.05, 4.69) is 66.0 Å². The second-order valence-corrected chi connectivity index (χ2v) is 8.27. The van der Waals surface area contributed by atoms with Crippen molar-refractivity contribution in [1.29, 1.82) is 0 Å². The number of fused-ring (bicyclic) bond motifs is 1. The first-order chi connectivity index (χ1) is 14.1. The third-order valence-corrected chi connectivity index (χ3v) is 6.41. The molecule has 2 atom stereocenters.